The number of halogens is 1. The molecular formula is C18H14ClN3OS3. The van der Waals surface area contributed by atoms with E-state index in [1.807, 2.05) is 29.0 Å². The predicted molar refractivity (Wildman–Crippen MR) is 109 cm³/mol. The molecule has 3 aromatic rings. The fraction of sp³-hybridized carbons (Fsp3) is 0.167. The van der Waals surface area contributed by atoms with Crippen LogP contribution in [0.25, 0.3) is 0 Å². The van der Waals surface area contributed by atoms with E-state index in [4.69, 9.17) is 11.6 Å². The Labute approximate surface area is 168 Å². The van der Waals surface area contributed by atoms with Crippen LogP contribution in [0.1, 0.15) is 22.2 Å². The van der Waals surface area contributed by atoms with E-state index in [9.17, 15) is 4.79 Å². The number of aromatic nitrogens is 1. The maximum atomic E-state index is 12.9. The highest BCUT2D eigenvalue weighted by atomic mass is 35.5. The van der Waals surface area contributed by atoms with Crippen LogP contribution in [0.4, 0.5) is 0 Å². The van der Waals surface area contributed by atoms with Crippen LogP contribution in [0.15, 0.2) is 63.5 Å². The molecule has 0 bridgehead atoms. The Balaban J connectivity index is 1.52. The van der Waals surface area contributed by atoms with Gasteiger partial charge in [0, 0.05) is 17.5 Å². The number of thioether (sulfide) groups is 1. The smallest absolute Gasteiger partial charge is 0.253 e. The van der Waals surface area contributed by atoms with Gasteiger partial charge >= 0.3 is 0 Å². The average molecular weight is 420 g/mol. The van der Waals surface area contributed by atoms with Gasteiger partial charge in [-0.3, -0.25) is 4.79 Å². The number of rotatable bonds is 5. The van der Waals surface area contributed by atoms with E-state index in [0.29, 0.717) is 5.02 Å². The molecule has 1 unspecified atom stereocenters. The van der Waals surface area contributed by atoms with Gasteiger partial charge in [-0.15, -0.1) is 22.7 Å². The number of hydrazone groups is 1. The maximum absolute atomic E-state index is 12.9. The number of nitrogens with zero attached hydrogens (tertiary/aromatic N) is 3. The minimum atomic E-state index is -0.0293. The Morgan fingerprint density at radius 1 is 1.23 bits per heavy atom. The summed E-state index contributed by atoms with van der Waals surface area (Å²) in [6, 6.07) is 11.7. The van der Waals surface area contributed by atoms with Gasteiger partial charge in [0.25, 0.3) is 5.91 Å². The highest BCUT2D eigenvalue weighted by molar-refractivity contribution is 7.99. The van der Waals surface area contributed by atoms with E-state index < -0.39 is 0 Å². The van der Waals surface area contributed by atoms with Crippen molar-refractivity contribution in [3.05, 3.63) is 68.1 Å². The van der Waals surface area contributed by atoms with Crippen molar-refractivity contribution in [2.75, 3.05) is 5.75 Å². The van der Waals surface area contributed by atoms with Gasteiger partial charge in [-0.05, 0) is 35.0 Å². The first-order valence-corrected chi connectivity index (χ1v) is 11.0. The van der Waals surface area contributed by atoms with Gasteiger partial charge in [0.15, 0.2) is 0 Å². The molecule has 0 spiro atoms. The van der Waals surface area contributed by atoms with Gasteiger partial charge < -0.3 is 0 Å². The van der Waals surface area contributed by atoms with Crippen molar-refractivity contribution in [2.24, 2.45) is 5.10 Å². The van der Waals surface area contributed by atoms with Crippen molar-refractivity contribution in [1.82, 2.24) is 9.99 Å². The molecule has 4 heterocycles. The first kappa shape index (κ1) is 17.7. The zero-order chi connectivity index (χ0) is 17.9. The van der Waals surface area contributed by atoms with E-state index in [0.717, 1.165) is 26.9 Å². The minimum absolute atomic E-state index is 0.0169. The van der Waals surface area contributed by atoms with Crippen molar-refractivity contribution in [1.29, 1.82) is 0 Å². The molecule has 0 N–H and O–H groups in total. The third kappa shape index (κ3) is 3.86. The molecule has 3 aromatic heterocycles. The van der Waals surface area contributed by atoms with Crippen LogP contribution in [0, 0.1) is 0 Å². The largest absolute Gasteiger partial charge is 0.272 e. The molecule has 1 aliphatic rings. The van der Waals surface area contributed by atoms with Gasteiger partial charge in [0.1, 0.15) is 0 Å². The van der Waals surface area contributed by atoms with Crippen LogP contribution in [-0.4, -0.2) is 27.4 Å². The zero-order valence-corrected chi connectivity index (χ0v) is 16.7. The molecule has 1 atom stereocenters. The first-order valence-electron chi connectivity index (χ1n) is 7.92. The molecule has 0 fully saturated rings. The number of thiophene rings is 2. The Bertz CT molecular complexity index is 908. The first-order chi connectivity index (χ1) is 12.7. The lowest BCUT2D eigenvalue weighted by atomic mass is 10.1. The number of pyridine rings is 1. The summed E-state index contributed by atoms with van der Waals surface area (Å²) in [6.45, 7) is 0. The van der Waals surface area contributed by atoms with Crippen molar-refractivity contribution < 1.29 is 4.79 Å². The summed E-state index contributed by atoms with van der Waals surface area (Å²) in [6.07, 6.45) is 2.34. The maximum Gasteiger partial charge on any atom is 0.253 e. The average Bonchev–Trinajstić information content (AvgIpc) is 3.41. The van der Waals surface area contributed by atoms with Crippen LogP contribution >= 0.6 is 46.0 Å². The number of amides is 1. The van der Waals surface area contributed by atoms with Gasteiger partial charge in [-0.2, -0.15) is 5.10 Å². The van der Waals surface area contributed by atoms with E-state index in [1.54, 1.807) is 39.9 Å². The molecule has 0 saturated carbocycles. The van der Waals surface area contributed by atoms with Gasteiger partial charge in [0.2, 0.25) is 0 Å². The van der Waals surface area contributed by atoms with Gasteiger partial charge in [-0.25, -0.2) is 9.99 Å². The molecule has 0 aliphatic carbocycles. The molecule has 0 radical (unpaired) electrons. The summed E-state index contributed by atoms with van der Waals surface area (Å²) in [5.41, 5.74) is 0.973. The van der Waals surface area contributed by atoms with E-state index in [-0.39, 0.29) is 17.7 Å². The van der Waals surface area contributed by atoms with E-state index >= 15 is 0 Å². The van der Waals surface area contributed by atoms with Crippen molar-refractivity contribution in [3.63, 3.8) is 0 Å². The lowest BCUT2D eigenvalue weighted by molar-refractivity contribution is -0.130. The fourth-order valence-electron chi connectivity index (χ4n) is 2.68. The van der Waals surface area contributed by atoms with Crippen molar-refractivity contribution in [2.45, 2.75) is 17.5 Å². The molecule has 26 heavy (non-hydrogen) atoms. The topological polar surface area (TPSA) is 45.6 Å². The second-order valence-electron chi connectivity index (χ2n) is 5.60. The van der Waals surface area contributed by atoms with E-state index in [2.05, 4.69) is 22.2 Å². The summed E-state index contributed by atoms with van der Waals surface area (Å²) < 4.78 is 0. The Kier molecular flexibility index (Phi) is 5.40. The standard InChI is InChI=1S/C18H14ClN3OS3/c19-12-5-6-17(20-10-12)26-11-18(23)22-14(16-4-2-8-25-16)9-13(21-22)15-3-1-7-24-15/h1-8,10,14H,9,11H2. The highest BCUT2D eigenvalue weighted by Gasteiger charge is 2.33. The third-order valence-electron chi connectivity index (χ3n) is 3.89. The highest BCUT2D eigenvalue weighted by Crippen LogP contribution is 2.36. The number of hydrogen-bond acceptors (Lipinski definition) is 6. The van der Waals surface area contributed by atoms with Crippen molar-refractivity contribution >= 4 is 57.7 Å². The lowest BCUT2D eigenvalue weighted by Crippen LogP contribution is -2.28. The summed E-state index contributed by atoms with van der Waals surface area (Å²) in [4.78, 5) is 19.4. The second-order valence-corrected chi connectivity index (χ2v) is 8.96. The third-order valence-corrected chi connectivity index (χ3v) is 6.93. The molecule has 1 aliphatic heterocycles. The Morgan fingerprint density at radius 3 is 2.77 bits per heavy atom. The zero-order valence-electron chi connectivity index (χ0n) is 13.5. The summed E-state index contributed by atoms with van der Waals surface area (Å²) in [5.74, 6) is 0.272. The summed E-state index contributed by atoms with van der Waals surface area (Å²) in [5, 5.41) is 11.7. The number of carbonyl (C=O) groups is 1. The predicted octanol–water partition coefficient (Wildman–Crippen LogP) is 5.33. The molecule has 4 rings (SSSR count). The molecule has 8 heteroatoms. The molecule has 1 amide bonds. The molecule has 4 nitrogen and oxygen atoms in total. The fourth-order valence-corrected chi connectivity index (χ4v) is 5.02. The second kappa shape index (κ2) is 7.92. The molecule has 132 valence electrons. The molecule has 0 aromatic carbocycles. The van der Waals surface area contributed by atoms with Crippen LogP contribution in [0.2, 0.25) is 5.02 Å². The van der Waals surface area contributed by atoms with Crippen LogP contribution in [0.5, 0.6) is 0 Å². The summed E-state index contributed by atoms with van der Waals surface area (Å²) in [7, 11) is 0. The molecular weight excluding hydrogens is 406 g/mol. The number of hydrogen-bond donors (Lipinski definition) is 0. The summed E-state index contributed by atoms with van der Waals surface area (Å²) >= 11 is 10.6. The SMILES string of the molecule is O=C(CSc1ccc(Cl)cn1)N1N=C(c2cccs2)CC1c1cccs1. The van der Waals surface area contributed by atoms with Gasteiger partial charge in [-0.1, -0.05) is 35.5 Å². The normalized spacial score (nSPS) is 16.7. The van der Waals surface area contributed by atoms with Gasteiger partial charge in [0.05, 0.1) is 32.4 Å². The van der Waals surface area contributed by atoms with Crippen LogP contribution in [-0.2, 0) is 4.79 Å². The Morgan fingerprint density at radius 2 is 2.08 bits per heavy atom. The molecule has 0 saturated heterocycles. The monoisotopic (exact) mass is 419 g/mol. The Hall–Kier alpha value is -1.67. The van der Waals surface area contributed by atoms with E-state index in [1.165, 1.54) is 11.8 Å². The lowest BCUT2D eigenvalue weighted by Gasteiger charge is -2.20. The minimum Gasteiger partial charge on any atom is -0.272 e. The van der Waals surface area contributed by atoms with Crippen LogP contribution in [0.3, 0.4) is 0 Å². The van der Waals surface area contributed by atoms with Crippen molar-refractivity contribution in [3.8, 4) is 0 Å². The number of carbonyl (C=O) groups excluding carboxylic acids is 1. The quantitative estimate of drug-likeness (QED) is 0.525. The van der Waals surface area contributed by atoms with Crippen LogP contribution < -0.4 is 0 Å².